The maximum absolute atomic E-state index is 10.3. The summed E-state index contributed by atoms with van der Waals surface area (Å²) in [5, 5.41) is 10.8. The zero-order chi connectivity index (χ0) is 17.4. The summed E-state index contributed by atoms with van der Waals surface area (Å²) in [6, 6.07) is 1.83. The number of fused-ring (bicyclic) bond motifs is 1. The summed E-state index contributed by atoms with van der Waals surface area (Å²) in [6.07, 6.45) is 8.74. The first-order valence-electron chi connectivity index (χ1n) is 8.59. The topological polar surface area (TPSA) is 77.4 Å². The number of hydrogen-bond donors (Lipinski definition) is 2. The van der Waals surface area contributed by atoms with Gasteiger partial charge < -0.3 is 15.0 Å². The third-order valence-electron chi connectivity index (χ3n) is 4.44. The Hall–Kier alpha value is -2.34. The van der Waals surface area contributed by atoms with E-state index >= 15 is 0 Å². The molecule has 0 saturated heterocycles. The van der Waals surface area contributed by atoms with Gasteiger partial charge in [0.05, 0.1) is 5.02 Å². The minimum absolute atomic E-state index is 0.00348. The largest absolute Gasteiger partial charge is 0.492 e. The lowest BCUT2D eigenvalue weighted by Gasteiger charge is -2.20. The Morgan fingerprint density at radius 3 is 3.04 bits per heavy atom. The molecule has 7 heteroatoms. The zero-order valence-electron chi connectivity index (χ0n) is 14.0. The van der Waals surface area contributed by atoms with Crippen LogP contribution in [0.3, 0.4) is 0 Å². The second-order valence-electron chi connectivity index (χ2n) is 6.57. The summed E-state index contributed by atoms with van der Waals surface area (Å²) in [5.74, 6) is 2.10. The van der Waals surface area contributed by atoms with Crippen LogP contribution in [0.1, 0.15) is 37.4 Å². The van der Waals surface area contributed by atoms with Crippen molar-refractivity contribution in [2.24, 2.45) is 10.9 Å². The van der Waals surface area contributed by atoms with E-state index in [1.165, 1.54) is 12.8 Å². The molecule has 6 nitrogen and oxygen atoms in total. The van der Waals surface area contributed by atoms with Gasteiger partial charge in [-0.25, -0.2) is 9.98 Å². The van der Waals surface area contributed by atoms with Crippen LogP contribution in [-0.4, -0.2) is 39.4 Å². The molecule has 0 bridgehead atoms. The Morgan fingerprint density at radius 2 is 2.28 bits per heavy atom. The van der Waals surface area contributed by atoms with E-state index in [1.54, 1.807) is 12.4 Å². The predicted octanol–water partition coefficient (Wildman–Crippen LogP) is 4.05. The van der Waals surface area contributed by atoms with E-state index in [-0.39, 0.29) is 5.88 Å². The van der Waals surface area contributed by atoms with Crippen LogP contribution in [0.4, 0.5) is 11.8 Å². The van der Waals surface area contributed by atoms with Gasteiger partial charge in [0.2, 0.25) is 11.8 Å². The number of anilines is 1. The molecule has 3 heterocycles. The summed E-state index contributed by atoms with van der Waals surface area (Å²) in [4.78, 5) is 18.3. The Morgan fingerprint density at radius 1 is 1.44 bits per heavy atom. The predicted molar refractivity (Wildman–Crippen MR) is 101 cm³/mol. The van der Waals surface area contributed by atoms with Crippen LogP contribution in [0.25, 0.3) is 11.6 Å². The van der Waals surface area contributed by atoms with Crippen LogP contribution < -0.4 is 4.90 Å². The van der Waals surface area contributed by atoms with Gasteiger partial charge in [0, 0.05) is 36.6 Å². The molecule has 2 aromatic rings. The van der Waals surface area contributed by atoms with Crippen molar-refractivity contribution in [2.75, 3.05) is 18.0 Å². The average molecular weight is 358 g/mol. The van der Waals surface area contributed by atoms with Gasteiger partial charge in [0.25, 0.3) is 0 Å². The van der Waals surface area contributed by atoms with Gasteiger partial charge in [-0.2, -0.15) is 4.98 Å². The summed E-state index contributed by atoms with van der Waals surface area (Å²) in [5.41, 5.74) is 2.27. The highest BCUT2D eigenvalue weighted by atomic mass is 35.5. The molecule has 1 fully saturated rings. The number of pyridine rings is 1. The van der Waals surface area contributed by atoms with Crippen molar-refractivity contribution in [3.63, 3.8) is 0 Å². The normalized spacial score (nSPS) is 17.3. The highest BCUT2D eigenvalue weighted by molar-refractivity contribution is 6.31. The first-order valence-corrected chi connectivity index (χ1v) is 8.97. The Kier molecular flexibility index (Phi) is 4.21. The van der Waals surface area contributed by atoms with E-state index in [2.05, 4.69) is 31.8 Å². The molecule has 130 valence electrons. The number of aliphatic imine (C=N–C) groups is 1. The van der Waals surface area contributed by atoms with Gasteiger partial charge in [-0.15, -0.1) is 0 Å². The van der Waals surface area contributed by atoms with Gasteiger partial charge in [-0.3, -0.25) is 0 Å². The molecule has 2 aliphatic rings. The second-order valence-corrected chi connectivity index (χ2v) is 7.01. The molecular weight excluding hydrogens is 338 g/mol. The number of imidazole rings is 1. The first kappa shape index (κ1) is 16.1. The molecule has 0 unspecified atom stereocenters. The molecule has 1 aliphatic heterocycles. The number of hydrogen-bond acceptors (Lipinski definition) is 5. The first-order chi connectivity index (χ1) is 12.1. The lowest BCUT2D eigenvalue weighted by molar-refractivity contribution is 0.455. The van der Waals surface area contributed by atoms with Crippen molar-refractivity contribution < 1.29 is 5.11 Å². The number of nitrogens with zero attached hydrogens (tertiary/aromatic N) is 4. The van der Waals surface area contributed by atoms with Crippen LogP contribution >= 0.6 is 11.6 Å². The molecule has 0 aromatic carbocycles. The molecule has 1 aliphatic carbocycles. The van der Waals surface area contributed by atoms with E-state index in [0.717, 1.165) is 42.5 Å². The molecule has 4 rings (SSSR count). The van der Waals surface area contributed by atoms with E-state index in [1.807, 2.05) is 12.1 Å². The summed E-state index contributed by atoms with van der Waals surface area (Å²) >= 11 is 6.04. The number of H-pyrrole nitrogens is 1. The van der Waals surface area contributed by atoms with E-state index in [9.17, 15) is 5.11 Å². The molecule has 2 N–H and O–H groups in total. The molecule has 25 heavy (non-hydrogen) atoms. The third kappa shape index (κ3) is 3.39. The third-order valence-corrected chi connectivity index (χ3v) is 4.64. The van der Waals surface area contributed by atoms with Crippen LogP contribution in [0.2, 0.25) is 5.02 Å². The van der Waals surface area contributed by atoms with Gasteiger partial charge >= 0.3 is 0 Å². The monoisotopic (exact) mass is 357 g/mol. The van der Waals surface area contributed by atoms with Gasteiger partial charge in [-0.1, -0.05) is 18.5 Å². The number of aromatic amines is 1. The van der Waals surface area contributed by atoms with Gasteiger partial charge in [0.15, 0.2) is 5.82 Å². The fraction of sp³-hybridized carbons (Fsp3) is 0.389. The zero-order valence-corrected chi connectivity index (χ0v) is 14.8. The number of aromatic hydroxyl groups is 1. The van der Waals surface area contributed by atoms with E-state index in [4.69, 9.17) is 11.6 Å². The number of rotatable bonds is 6. The summed E-state index contributed by atoms with van der Waals surface area (Å²) in [7, 11) is 0. The lowest BCUT2D eigenvalue weighted by Crippen LogP contribution is -2.27. The lowest BCUT2D eigenvalue weighted by atomic mass is 10.1. The number of aromatic nitrogens is 3. The fourth-order valence-electron chi connectivity index (χ4n) is 3.00. The number of nitrogens with one attached hydrogen (secondary N) is 1. The maximum Gasteiger partial charge on any atom is 0.238 e. The van der Waals surface area contributed by atoms with Crippen molar-refractivity contribution in [1.29, 1.82) is 0 Å². The van der Waals surface area contributed by atoms with Crippen molar-refractivity contribution in [1.82, 2.24) is 15.0 Å². The molecule has 0 spiro atoms. The summed E-state index contributed by atoms with van der Waals surface area (Å²) < 4.78 is 0. The SMILES string of the molecule is CCCN(CC1CC1)c1nc(O)c(C=C2C=Nc3ncc(Cl)cc32)[nH]1. The highest BCUT2D eigenvalue weighted by Gasteiger charge is 2.26. The average Bonchev–Trinajstić information content (AvgIpc) is 3.22. The number of halogens is 1. The quantitative estimate of drug-likeness (QED) is 0.817. The highest BCUT2D eigenvalue weighted by Crippen LogP contribution is 2.35. The van der Waals surface area contributed by atoms with Crippen molar-refractivity contribution in [3.8, 4) is 5.88 Å². The van der Waals surface area contributed by atoms with Crippen LogP contribution in [0.15, 0.2) is 17.3 Å². The van der Waals surface area contributed by atoms with Crippen molar-refractivity contribution >= 4 is 41.2 Å². The van der Waals surface area contributed by atoms with Crippen LogP contribution in [0.5, 0.6) is 5.88 Å². The molecular formula is C18H20ClN5O. The van der Waals surface area contributed by atoms with Crippen molar-refractivity contribution in [2.45, 2.75) is 26.2 Å². The van der Waals surface area contributed by atoms with Crippen molar-refractivity contribution in [3.05, 3.63) is 28.5 Å². The van der Waals surface area contributed by atoms with Gasteiger partial charge in [0.1, 0.15) is 5.69 Å². The van der Waals surface area contributed by atoms with E-state index < -0.39 is 0 Å². The van der Waals surface area contributed by atoms with Crippen LogP contribution in [-0.2, 0) is 0 Å². The molecule has 0 amide bonds. The standard InChI is InChI=1S/C18H20ClN5O/c1-2-5-24(10-11-3-4-11)18-22-15(17(25)23-18)6-12-8-20-16-14(12)7-13(19)9-21-16/h6-9,11,25H,2-5,10H2,1H3,(H,22,23). The second kappa shape index (κ2) is 6.52. The molecule has 1 saturated carbocycles. The number of allylic oxidation sites excluding steroid dienone is 1. The van der Waals surface area contributed by atoms with Crippen LogP contribution in [0, 0.1) is 5.92 Å². The summed E-state index contributed by atoms with van der Waals surface area (Å²) in [6.45, 7) is 4.05. The molecule has 0 radical (unpaired) electrons. The Bertz CT molecular complexity index is 853. The Balaban J connectivity index is 1.63. The fourth-order valence-corrected chi connectivity index (χ4v) is 3.16. The maximum atomic E-state index is 10.3. The van der Waals surface area contributed by atoms with Gasteiger partial charge in [-0.05, 0) is 37.3 Å². The minimum Gasteiger partial charge on any atom is -0.492 e. The smallest absolute Gasteiger partial charge is 0.238 e. The van der Waals surface area contributed by atoms with E-state index in [0.29, 0.717) is 16.5 Å². The molecule has 2 aromatic heterocycles. The Labute approximate surface area is 151 Å². The molecule has 0 atom stereocenters. The minimum atomic E-state index is -0.00348.